The zero-order chi connectivity index (χ0) is 27.1. The molecule has 0 saturated carbocycles. The quantitative estimate of drug-likeness (QED) is 0.268. The number of nitrogens with one attached hydrogen (secondary N) is 1. The molecular weight excluding hydrogens is 524 g/mol. The number of anilines is 2. The molecule has 0 spiro atoms. The number of halogens is 1. The number of hydrogen-bond acceptors (Lipinski definition) is 4. The van der Waals surface area contributed by atoms with Gasteiger partial charge in [-0.1, -0.05) is 24.6 Å². The summed E-state index contributed by atoms with van der Waals surface area (Å²) in [5, 5.41) is 5.00. The van der Waals surface area contributed by atoms with Crippen molar-refractivity contribution in [1.82, 2.24) is 19.9 Å². The van der Waals surface area contributed by atoms with E-state index in [1.54, 1.807) is 6.20 Å². The molecule has 0 amide bonds. The van der Waals surface area contributed by atoms with Crippen molar-refractivity contribution in [2.24, 2.45) is 5.92 Å². The number of pyridine rings is 2. The predicted molar refractivity (Wildman–Crippen MR) is 163 cm³/mol. The highest BCUT2D eigenvalue weighted by molar-refractivity contribution is 7.80. The van der Waals surface area contributed by atoms with Gasteiger partial charge in [0.25, 0.3) is 0 Å². The Kier molecular flexibility index (Phi) is 7.04. The third-order valence-corrected chi connectivity index (χ3v) is 8.74. The molecule has 2 aliphatic heterocycles. The first-order valence-corrected chi connectivity index (χ1v) is 14.4. The number of nitrogens with zero attached hydrogens (tertiary/aromatic N) is 5. The van der Waals surface area contributed by atoms with Crippen molar-refractivity contribution in [3.05, 3.63) is 101 Å². The third-order valence-electron chi connectivity index (χ3n) is 8.12. The molecule has 39 heavy (non-hydrogen) atoms. The van der Waals surface area contributed by atoms with Gasteiger partial charge in [-0.2, -0.15) is 0 Å². The Hall–Kier alpha value is -3.42. The molecule has 0 unspecified atom stereocenters. The van der Waals surface area contributed by atoms with Gasteiger partial charge in [0.15, 0.2) is 5.11 Å². The van der Waals surface area contributed by atoms with Crippen LogP contribution in [0.15, 0.2) is 73.2 Å². The zero-order valence-corrected chi connectivity index (χ0v) is 24.1. The van der Waals surface area contributed by atoms with Crippen LogP contribution < -0.4 is 15.1 Å². The minimum atomic E-state index is -0.122. The van der Waals surface area contributed by atoms with E-state index in [0.717, 1.165) is 58.2 Å². The maximum absolute atomic E-state index is 6.96. The molecule has 3 aromatic heterocycles. The van der Waals surface area contributed by atoms with Crippen LogP contribution in [0.3, 0.4) is 0 Å². The second-order valence-corrected chi connectivity index (χ2v) is 11.5. The summed E-state index contributed by atoms with van der Waals surface area (Å²) in [7, 11) is 0. The molecule has 0 bridgehead atoms. The zero-order valence-electron chi connectivity index (χ0n) is 22.5. The lowest BCUT2D eigenvalue weighted by Gasteiger charge is -2.33. The van der Waals surface area contributed by atoms with Crippen LogP contribution in [0.25, 0.3) is 5.69 Å². The highest BCUT2D eigenvalue weighted by Gasteiger charge is 2.42. The Bertz CT molecular complexity index is 1480. The van der Waals surface area contributed by atoms with Crippen molar-refractivity contribution in [2.45, 2.75) is 45.7 Å². The Balaban J connectivity index is 1.43. The molecule has 8 heteroatoms. The summed E-state index contributed by atoms with van der Waals surface area (Å²) in [4.78, 5) is 13.7. The van der Waals surface area contributed by atoms with E-state index in [1.807, 2.05) is 30.6 Å². The van der Waals surface area contributed by atoms with Crippen LogP contribution in [0.4, 0.5) is 11.4 Å². The summed E-state index contributed by atoms with van der Waals surface area (Å²) in [5.41, 5.74) is 7.53. The van der Waals surface area contributed by atoms with Gasteiger partial charge < -0.3 is 19.7 Å². The van der Waals surface area contributed by atoms with E-state index in [4.69, 9.17) is 28.8 Å². The largest absolute Gasteiger partial charge is 0.370 e. The van der Waals surface area contributed by atoms with Gasteiger partial charge in [0.1, 0.15) is 0 Å². The minimum Gasteiger partial charge on any atom is -0.370 e. The van der Waals surface area contributed by atoms with Gasteiger partial charge >= 0.3 is 0 Å². The lowest BCUT2D eigenvalue weighted by atomic mass is 9.96. The standard InChI is InChI=1S/C31H33ClN6S/c1-20-11-15-36(16-12-20)28-10-9-23(18-26(28)32)38-30(29(35-31(38)39)27-8-4-5-14-34-27)25-17-21(2)37(22(25)3)24-7-6-13-33-19-24/h4-10,13-14,17-20,29-30H,11-12,15-16H2,1-3H3,(H,35,39)/t29-,30-/m1/s1. The molecule has 2 saturated heterocycles. The lowest BCUT2D eigenvalue weighted by Crippen LogP contribution is -2.33. The van der Waals surface area contributed by atoms with E-state index in [2.05, 4.69) is 81.8 Å². The van der Waals surface area contributed by atoms with E-state index in [-0.39, 0.29) is 12.1 Å². The van der Waals surface area contributed by atoms with Gasteiger partial charge in [-0.15, -0.1) is 0 Å². The van der Waals surface area contributed by atoms with Gasteiger partial charge in [0, 0.05) is 42.6 Å². The first-order chi connectivity index (χ1) is 18.9. The lowest BCUT2D eigenvalue weighted by molar-refractivity contribution is 0.438. The highest BCUT2D eigenvalue weighted by Crippen LogP contribution is 2.45. The maximum Gasteiger partial charge on any atom is 0.174 e. The second-order valence-electron chi connectivity index (χ2n) is 10.7. The summed E-state index contributed by atoms with van der Waals surface area (Å²) in [6, 6.07) is 18.5. The Labute approximate surface area is 240 Å². The summed E-state index contributed by atoms with van der Waals surface area (Å²) >= 11 is 12.9. The Morgan fingerprint density at radius 2 is 1.79 bits per heavy atom. The average Bonchev–Trinajstić information content (AvgIpc) is 3.45. The van der Waals surface area contributed by atoms with E-state index in [9.17, 15) is 0 Å². The number of hydrogen-bond donors (Lipinski definition) is 1. The van der Waals surface area contributed by atoms with Crippen LogP contribution in [0, 0.1) is 19.8 Å². The molecule has 200 valence electrons. The van der Waals surface area contributed by atoms with Gasteiger partial charge in [-0.05, 0) is 98.9 Å². The fraction of sp³-hybridized carbons (Fsp3) is 0.323. The highest BCUT2D eigenvalue weighted by atomic mass is 35.5. The number of rotatable bonds is 5. The molecule has 0 radical (unpaired) electrons. The molecule has 6 nitrogen and oxygen atoms in total. The number of benzene rings is 1. The van der Waals surface area contributed by atoms with E-state index >= 15 is 0 Å². The van der Waals surface area contributed by atoms with Crippen LogP contribution in [0.5, 0.6) is 0 Å². The first kappa shape index (κ1) is 25.8. The van der Waals surface area contributed by atoms with Crippen molar-refractivity contribution in [2.75, 3.05) is 22.9 Å². The van der Waals surface area contributed by atoms with Crippen molar-refractivity contribution < 1.29 is 0 Å². The van der Waals surface area contributed by atoms with Crippen LogP contribution in [-0.4, -0.2) is 32.7 Å². The SMILES string of the molecule is Cc1cc([C@@H]2[C@@H](c3ccccn3)NC(=S)N2c2ccc(N3CCC(C)CC3)c(Cl)c2)c(C)n1-c1cccnc1. The van der Waals surface area contributed by atoms with Crippen LogP contribution in [0.1, 0.15) is 54.5 Å². The molecule has 2 fully saturated rings. The van der Waals surface area contributed by atoms with Crippen molar-refractivity contribution in [3.8, 4) is 5.69 Å². The number of piperidine rings is 1. The van der Waals surface area contributed by atoms with Crippen LogP contribution in [-0.2, 0) is 0 Å². The normalized spacial score (nSPS) is 19.9. The predicted octanol–water partition coefficient (Wildman–Crippen LogP) is 6.95. The fourth-order valence-electron chi connectivity index (χ4n) is 6.07. The molecule has 0 aliphatic carbocycles. The van der Waals surface area contributed by atoms with E-state index in [0.29, 0.717) is 5.11 Å². The maximum atomic E-state index is 6.96. The molecule has 4 aromatic rings. The molecule has 2 aliphatic rings. The smallest absolute Gasteiger partial charge is 0.174 e. The molecule has 1 aromatic carbocycles. The minimum absolute atomic E-state index is 0.109. The second kappa shape index (κ2) is 10.6. The summed E-state index contributed by atoms with van der Waals surface area (Å²) in [6.07, 6.45) is 7.92. The van der Waals surface area contributed by atoms with Gasteiger partial charge in [0.2, 0.25) is 0 Å². The monoisotopic (exact) mass is 556 g/mol. The van der Waals surface area contributed by atoms with Crippen molar-refractivity contribution in [3.63, 3.8) is 0 Å². The topological polar surface area (TPSA) is 49.2 Å². The summed E-state index contributed by atoms with van der Waals surface area (Å²) in [6.45, 7) is 8.70. The molecule has 6 rings (SSSR count). The van der Waals surface area contributed by atoms with Crippen LogP contribution >= 0.6 is 23.8 Å². The van der Waals surface area contributed by atoms with Crippen molar-refractivity contribution >= 4 is 40.3 Å². The number of aromatic nitrogens is 3. The van der Waals surface area contributed by atoms with Crippen molar-refractivity contribution in [1.29, 1.82) is 0 Å². The van der Waals surface area contributed by atoms with Gasteiger partial charge in [-0.25, -0.2) is 0 Å². The summed E-state index contributed by atoms with van der Waals surface area (Å²) < 4.78 is 2.25. The Morgan fingerprint density at radius 1 is 0.974 bits per heavy atom. The van der Waals surface area contributed by atoms with E-state index in [1.165, 1.54) is 18.4 Å². The molecular formula is C31H33ClN6S. The van der Waals surface area contributed by atoms with Gasteiger partial charge in [-0.3, -0.25) is 9.97 Å². The molecule has 2 atom stereocenters. The summed E-state index contributed by atoms with van der Waals surface area (Å²) in [5.74, 6) is 0.766. The fourth-order valence-corrected chi connectivity index (χ4v) is 6.71. The first-order valence-electron chi connectivity index (χ1n) is 13.6. The third kappa shape index (κ3) is 4.79. The average molecular weight is 557 g/mol. The van der Waals surface area contributed by atoms with E-state index < -0.39 is 0 Å². The van der Waals surface area contributed by atoms with Crippen LogP contribution in [0.2, 0.25) is 5.02 Å². The number of aryl methyl sites for hydroxylation is 1. The van der Waals surface area contributed by atoms with Gasteiger partial charge in [0.05, 0.1) is 40.4 Å². The molecule has 1 N–H and O–H groups in total. The Morgan fingerprint density at radius 3 is 2.49 bits per heavy atom. The number of thiocarbonyl (C=S) groups is 1. The molecule has 5 heterocycles.